The van der Waals surface area contributed by atoms with Crippen LogP contribution in [0, 0.1) is 0 Å². The number of amides is 2. The van der Waals surface area contributed by atoms with E-state index in [1.807, 2.05) is 0 Å². The van der Waals surface area contributed by atoms with Gasteiger partial charge in [-0.25, -0.2) is 9.97 Å². The minimum atomic E-state index is -0.583. The molecule has 3 rings (SSSR count). The standard InChI is InChI=1S/C16H14Cl2N4O2/c17-10-4-3-9(6-11(10)18)12-7-13(21-8-20-12)16(24)22-5-1-2-14(22)15(19)23/h3-4,6-8,14H,1-2,5H2,(H2,19,23)/t14-/m1/s1. The van der Waals surface area contributed by atoms with Crippen LogP contribution >= 0.6 is 23.2 Å². The van der Waals surface area contributed by atoms with Crippen molar-refractivity contribution < 1.29 is 9.59 Å². The van der Waals surface area contributed by atoms with Gasteiger partial charge in [-0.3, -0.25) is 9.59 Å². The number of nitrogens with zero attached hydrogens (tertiary/aromatic N) is 3. The van der Waals surface area contributed by atoms with Gasteiger partial charge in [0.1, 0.15) is 18.1 Å². The predicted octanol–water partition coefficient (Wildman–Crippen LogP) is 2.54. The number of likely N-dealkylation sites (tertiary alicyclic amines) is 1. The summed E-state index contributed by atoms with van der Waals surface area (Å²) < 4.78 is 0. The zero-order valence-corrected chi connectivity index (χ0v) is 14.1. The van der Waals surface area contributed by atoms with Crippen molar-refractivity contribution in [3.63, 3.8) is 0 Å². The third kappa shape index (κ3) is 3.20. The molecule has 24 heavy (non-hydrogen) atoms. The Kier molecular flexibility index (Phi) is 4.69. The van der Waals surface area contributed by atoms with Crippen LogP contribution in [0.4, 0.5) is 0 Å². The van der Waals surface area contributed by atoms with Crippen molar-refractivity contribution in [2.24, 2.45) is 5.73 Å². The molecule has 1 aliphatic heterocycles. The third-order valence-electron chi connectivity index (χ3n) is 3.94. The molecule has 8 heteroatoms. The van der Waals surface area contributed by atoms with Crippen molar-refractivity contribution in [2.45, 2.75) is 18.9 Å². The Labute approximate surface area is 148 Å². The van der Waals surface area contributed by atoms with Crippen LogP contribution in [-0.4, -0.2) is 39.3 Å². The first-order valence-electron chi connectivity index (χ1n) is 7.35. The Balaban J connectivity index is 1.91. The van der Waals surface area contributed by atoms with E-state index in [4.69, 9.17) is 28.9 Å². The number of nitrogens with two attached hydrogens (primary N) is 1. The first-order valence-corrected chi connectivity index (χ1v) is 8.10. The first-order chi connectivity index (χ1) is 11.5. The van der Waals surface area contributed by atoms with Gasteiger partial charge in [-0.1, -0.05) is 29.3 Å². The Hall–Kier alpha value is -2.18. The van der Waals surface area contributed by atoms with Crippen molar-refractivity contribution in [1.29, 1.82) is 0 Å². The average Bonchev–Trinajstić information content (AvgIpc) is 3.07. The lowest BCUT2D eigenvalue weighted by atomic mass is 10.1. The maximum Gasteiger partial charge on any atom is 0.273 e. The number of carbonyl (C=O) groups excluding carboxylic acids is 2. The number of primary amides is 1. The summed E-state index contributed by atoms with van der Waals surface area (Å²) in [7, 11) is 0. The van der Waals surface area contributed by atoms with Crippen molar-refractivity contribution in [3.8, 4) is 11.3 Å². The second kappa shape index (κ2) is 6.75. The highest BCUT2D eigenvalue weighted by atomic mass is 35.5. The van der Waals surface area contributed by atoms with E-state index in [1.165, 1.54) is 11.2 Å². The lowest BCUT2D eigenvalue weighted by Gasteiger charge is -2.21. The maximum atomic E-state index is 12.6. The summed E-state index contributed by atoms with van der Waals surface area (Å²) in [6.07, 6.45) is 2.62. The fraction of sp³-hybridized carbons (Fsp3) is 0.250. The van der Waals surface area contributed by atoms with Gasteiger partial charge in [0.2, 0.25) is 5.91 Å². The summed E-state index contributed by atoms with van der Waals surface area (Å²) in [5, 5.41) is 0.834. The molecule has 0 radical (unpaired) electrons. The fourth-order valence-electron chi connectivity index (χ4n) is 2.74. The van der Waals surface area contributed by atoms with Crippen LogP contribution in [0.15, 0.2) is 30.6 Å². The van der Waals surface area contributed by atoms with E-state index >= 15 is 0 Å². The lowest BCUT2D eigenvalue weighted by molar-refractivity contribution is -0.121. The molecule has 124 valence electrons. The molecule has 0 saturated carbocycles. The van der Waals surface area contributed by atoms with Crippen molar-refractivity contribution >= 4 is 35.0 Å². The molecule has 1 aromatic carbocycles. The van der Waals surface area contributed by atoms with Crippen LogP contribution in [-0.2, 0) is 4.79 Å². The Morgan fingerprint density at radius 3 is 2.67 bits per heavy atom. The smallest absolute Gasteiger partial charge is 0.273 e. The summed E-state index contributed by atoms with van der Waals surface area (Å²) in [4.78, 5) is 33.8. The lowest BCUT2D eigenvalue weighted by Crippen LogP contribution is -2.43. The third-order valence-corrected chi connectivity index (χ3v) is 4.68. The molecule has 1 saturated heterocycles. The zero-order valence-electron chi connectivity index (χ0n) is 12.6. The van der Waals surface area contributed by atoms with Gasteiger partial charge in [-0.05, 0) is 31.0 Å². The molecular weight excluding hydrogens is 351 g/mol. The molecular formula is C16H14Cl2N4O2. The Morgan fingerprint density at radius 2 is 1.96 bits per heavy atom. The largest absolute Gasteiger partial charge is 0.368 e. The quantitative estimate of drug-likeness (QED) is 0.905. The molecule has 2 aromatic rings. The fourth-order valence-corrected chi connectivity index (χ4v) is 3.04. The molecule has 2 heterocycles. The zero-order chi connectivity index (χ0) is 17.3. The molecule has 0 bridgehead atoms. The summed E-state index contributed by atoms with van der Waals surface area (Å²) >= 11 is 11.9. The van der Waals surface area contributed by atoms with Crippen molar-refractivity contribution in [2.75, 3.05) is 6.54 Å². The summed E-state index contributed by atoms with van der Waals surface area (Å²) in [6.45, 7) is 0.485. The monoisotopic (exact) mass is 364 g/mol. The van der Waals surface area contributed by atoms with Crippen LogP contribution < -0.4 is 5.73 Å². The van der Waals surface area contributed by atoms with Crippen molar-refractivity contribution in [1.82, 2.24) is 14.9 Å². The van der Waals surface area contributed by atoms with E-state index in [0.29, 0.717) is 34.3 Å². The second-order valence-electron chi connectivity index (χ2n) is 5.48. The highest BCUT2D eigenvalue weighted by Gasteiger charge is 2.33. The van der Waals surface area contributed by atoms with Crippen molar-refractivity contribution in [3.05, 3.63) is 46.3 Å². The molecule has 0 unspecified atom stereocenters. The molecule has 2 amide bonds. The molecule has 1 aliphatic rings. The molecule has 1 fully saturated rings. The minimum absolute atomic E-state index is 0.208. The van der Waals surface area contributed by atoms with E-state index in [9.17, 15) is 9.59 Å². The Morgan fingerprint density at radius 1 is 1.17 bits per heavy atom. The van der Waals surface area contributed by atoms with Gasteiger partial charge in [0, 0.05) is 12.1 Å². The number of hydrogen-bond donors (Lipinski definition) is 1. The van der Waals surface area contributed by atoms with Crippen LogP contribution in [0.3, 0.4) is 0 Å². The topological polar surface area (TPSA) is 89.2 Å². The van der Waals surface area contributed by atoms with Crippen LogP contribution in [0.5, 0.6) is 0 Å². The first kappa shape index (κ1) is 16.7. The Bertz CT molecular complexity index is 812. The molecule has 1 atom stereocenters. The average molecular weight is 365 g/mol. The predicted molar refractivity (Wildman–Crippen MR) is 90.7 cm³/mol. The van der Waals surface area contributed by atoms with E-state index in [2.05, 4.69) is 9.97 Å². The molecule has 1 aromatic heterocycles. The number of carbonyl (C=O) groups is 2. The molecule has 0 spiro atoms. The highest BCUT2D eigenvalue weighted by Crippen LogP contribution is 2.28. The van der Waals surface area contributed by atoms with E-state index in [-0.39, 0.29) is 11.6 Å². The van der Waals surface area contributed by atoms with E-state index in [0.717, 1.165) is 6.42 Å². The molecule has 6 nitrogen and oxygen atoms in total. The van der Waals surface area contributed by atoms with E-state index in [1.54, 1.807) is 24.3 Å². The molecule has 0 aliphatic carbocycles. The number of aromatic nitrogens is 2. The van der Waals surface area contributed by atoms with Crippen LogP contribution in [0.25, 0.3) is 11.3 Å². The normalized spacial score (nSPS) is 17.1. The van der Waals surface area contributed by atoms with Gasteiger partial charge in [0.25, 0.3) is 5.91 Å². The number of halogens is 2. The van der Waals surface area contributed by atoms with Gasteiger partial charge < -0.3 is 10.6 Å². The molecule has 2 N–H and O–H groups in total. The van der Waals surface area contributed by atoms with E-state index < -0.39 is 11.9 Å². The summed E-state index contributed by atoms with van der Waals surface area (Å²) in [6, 6.07) is 6.07. The second-order valence-corrected chi connectivity index (χ2v) is 6.29. The van der Waals surface area contributed by atoms with Gasteiger partial charge in [-0.2, -0.15) is 0 Å². The summed E-state index contributed by atoms with van der Waals surface area (Å²) in [5.41, 5.74) is 6.83. The van der Waals surface area contributed by atoms with Gasteiger partial charge in [0.15, 0.2) is 0 Å². The van der Waals surface area contributed by atoms with Gasteiger partial charge >= 0.3 is 0 Å². The van der Waals surface area contributed by atoms with Gasteiger partial charge in [-0.15, -0.1) is 0 Å². The number of rotatable bonds is 3. The maximum absolute atomic E-state index is 12.6. The number of hydrogen-bond acceptors (Lipinski definition) is 4. The SMILES string of the molecule is NC(=O)[C@H]1CCCN1C(=O)c1cc(-c2ccc(Cl)c(Cl)c2)ncn1. The number of benzene rings is 1. The minimum Gasteiger partial charge on any atom is -0.368 e. The summed E-state index contributed by atoms with van der Waals surface area (Å²) in [5.74, 6) is -0.834. The van der Waals surface area contributed by atoms with Crippen LogP contribution in [0.1, 0.15) is 23.3 Å². The highest BCUT2D eigenvalue weighted by molar-refractivity contribution is 6.42. The van der Waals surface area contributed by atoms with Crippen LogP contribution in [0.2, 0.25) is 10.0 Å². The van der Waals surface area contributed by atoms with Gasteiger partial charge in [0.05, 0.1) is 15.7 Å².